The van der Waals surface area contributed by atoms with Crippen LogP contribution in [0.15, 0.2) is 65.1 Å². The molecule has 0 spiro atoms. The number of aryl methyl sites for hydroxylation is 1. The smallest absolute Gasteiger partial charge is 0.246 e. The Morgan fingerprint density at radius 2 is 1.72 bits per heavy atom. The van der Waals surface area contributed by atoms with Gasteiger partial charge in [-0.25, -0.2) is 13.6 Å². The van der Waals surface area contributed by atoms with Gasteiger partial charge in [-0.1, -0.05) is 42.5 Å². The quantitative estimate of drug-likeness (QED) is 0.589. The molecule has 0 atom stereocenters. The minimum atomic E-state index is -3.65. The van der Waals surface area contributed by atoms with Gasteiger partial charge in [-0.2, -0.15) is 0 Å². The third-order valence-electron chi connectivity index (χ3n) is 3.72. The van der Waals surface area contributed by atoms with Gasteiger partial charge >= 0.3 is 0 Å². The molecular formula is C19H22N2O3S. The van der Waals surface area contributed by atoms with Gasteiger partial charge in [-0.15, -0.1) is 0 Å². The molecule has 0 aliphatic heterocycles. The fraction of sp³-hybridized carbons (Fsp3) is 0.211. The van der Waals surface area contributed by atoms with E-state index < -0.39 is 10.0 Å². The molecule has 0 aliphatic carbocycles. The maximum Gasteiger partial charge on any atom is 0.246 e. The summed E-state index contributed by atoms with van der Waals surface area (Å²) in [6.45, 7) is 2.34. The Morgan fingerprint density at radius 1 is 1.08 bits per heavy atom. The van der Waals surface area contributed by atoms with Crippen LogP contribution in [0.25, 0.3) is 6.08 Å². The van der Waals surface area contributed by atoms with Gasteiger partial charge in [0.25, 0.3) is 0 Å². The molecule has 2 aromatic carbocycles. The molecule has 25 heavy (non-hydrogen) atoms. The van der Waals surface area contributed by atoms with Crippen molar-refractivity contribution in [3.05, 3.63) is 71.3 Å². The number of primary sulfonamides is 1. The summed E-state index contributed by atoms with van der Waals surface area (Å²) >= 11 is 0. The topological polar surface area (TPSA) is 89.3 Å². The number of rotatable bonds is 7. The molecule has 0 radical (unpaired) electrons. The number of nitrogens with two attached hydrogens (primary N) is 1. The maximum absolute atomic E-state index is 12.1. The van der Waals surface area contributed by atoms with Crippen molar-refractivity contribution in [2.45, 2.75) is 24.7 Å². The predicted octanol–water partition coefficient (Wildman–Crippen LogP) is 2.49. The van der Waals surface area contributed by atoms with Crippen molar-refractivity contribution in [3.8, 4) is 0 Å². The molecule has 6 heteroatoms. The molecule has 1 amide bonds. The Balaban J connectivity index is 1.79. The molecular weight excluding hydrogens is 336 g/mol. The number of carbonyl (C=O) groups excluding carboxylic acids is 1. The van der Waals surface area contributed by atoms with Gasteiger partial charge in [0.15, 0.2) is 0 Å². The van der Waals surface area contributed by atoms with E-state index in [9.17, 15) is 13.2 Å². The predicted molar refractivity (Wildman–Crippen MR) is 99.2 cm³/mol. The molecule has 0 bridgehead atoms. The summed E-state index contributed by atoms with van der Waals surface area (Å²) in [6, 6.07) is 16.2. The van der Waals surface area contributed by atoms with Crippen LogP contribution in [0.2, 0.25) is 0 Å². The number of nitrogens with one attached hydrogen (secondary N) is 1. The van der Waals surface area contributed by atoms with Crippen molar-refractivity contribution >= 4 is 22.0 Å². The lowest BCUT2D eigenvalue weighted by Crippen LogP contribution is -2.25. The van der Waals surface area contributed by atoms with Gasteiger partial charge in [0, 0.05) is 12.1 Å². The highest BCUT2D eigenvalue weighted by Crippen LogP contribution is 2.10. The van der Waals surface area contributed by atoms with Gasteiger partial charge in [0.2, 0.25) is 15.9 Å². The zero-order chi connectivity index (χ0) is 18.3. The summed E-state index contributed by atoms with van der Waals surface area (Å²) in [5.74, 6) is -0.0894. The van der Waals surface area contributed by atoms with E-state index in [2.05, 4.69) is 5.32 Å². The lowest BCUT2D eigenvalue weighted by molar-refractivity contribution is -0.117. The molecule has 5 nitrogen and oxygen atoms in total. The van der Waals surface area contributed by atoms with Crippen LogP contribution in [0.4, 0.5) is 0 Å². The van der Waals surface area contributed by atoms with Crippen LogP contribution in [-0.4, -0.2) is 20.9 Å². The summed E-state index contributed by atoms with van der Waals surface area (Å²) in [6.07, 6.45) is 3.35. The van der Waals surface area contributed by atoms with Gasteiger partial charge in [-0.3, -0.25) is 4.79 Å². The van der Waals surface area contributed by atoms with Crippen molar-refractivity contribution in [2.75, 3.05) is 6.54 Å². The minimum Gasteiger partial charge on any atom is -0.352 e. The first-order chi connectivity index (χ1) is 11.9. The summed E-state index contributed by atoms with van der Waals surface area (Å²) in [7, 11) is -3.65. The van der Waals surface area contributed by atoms with Crippen LogP contribution in [0, 0.1) is 0 Å². The number of amides is 1. The standard InChI is InChI=1S/C19H22N2O3S/c1-15(14-17-6-3-2-4-7-17)19(22)21-13-5-8-16-9-11-18(12-10-16)25(20,23)24/h2-4,6-7,9-12,14H,5,8,13H2,1H3,(H,21,22)(H2,20,23,24)/b15-14+. The first-order valence-corrected chi connectivity index (χ1v) is 9.54. The van der Waals surface area contributed by atoms with E-state index in [0.29, 0.717) is 12.1 Å². The van der Waals surface area contributed by atoms with Crippen LogP contribution in [-0.2, 0) is 21.2 Å². The highest BCUT2D eigenvalue weighted by atomic mass is 32.2. The first-order valence-electron chi connectivity index (χ1n) is 7.99. The monoisotopic (exact) mass is 358 g/mol. The van der Waals surface area contributed by atoms with Crippen molar-refractivity contribution < 1.29 is 13.2 Å². The highest BCUT2D eigenvalue weighted by molar-refractivity contribution is 7.89. The Morgan fingerprint density at radius 3 is 2.32 bits per heavy atom. The molecule has 0 saturated carbocycles. The lowest BCUT2D eigenvalue weighted by Gasteiger charge is -2.06. The first kappa shape index (κ1) is 18.9. The van der Waals surface area contributed by atoms with E-state index in [1.807, 2.05) is 36.4 Å². The zero-order valence-corrected chi connectivity index (χ0v) is 14.9. The van der Waals surface area contributed by atoms with Gasteiger partial charge in [-0.05, 0) is 49.1 Å². The van der Waals surface area contributed by atoms with Crippen LogP contribution >= 0.6 is 0 Å². The van der Waals surface area contributed by atoms with E-state index in [0.717, 1.165) is 24.0 Å². The second kappa shape index (κ2) is 8.60. The fourth-order valence-corrected chi connectivity index (χ4v) is 2.86. The summed E-state index contributed by atoms with van der Waals surface area (Å²) < 4.78 is 22.4. The third-order valence-corrected chi connectivity index (χ3v) is 4.65. The summed E-state index contributed by atoms with van der Waals surface area (Å²) in [5, 5.41) is 7.95. The van der Waals surface area contributed by atoms with E-state index in [1.165, 1.54) is 12.1 Å². The van der Waals surface area contributed by atoms with Crippen LogP contribution in [0.5, 0.6) is 0 Å². The Bertz CT molecular complexity index is 842. The average molecular weight is 358 g/mol. The van der Waals surface area contributed by atoms with Gasteiger partial charge < -0.3 is 5.32 Å². The second-order valence-corrected chi connectivity index (χ2v) is 7.35. The molecule has 0 heterocycles. The van der Waals surface area contributed by atoms with Crippen LogP contribution in [0.3, 0.4) is 0 Å². The molecule has 0 aliphatic rings. The lowest BCUT2D eigenvalue weighted by atomic mass is 10.1. The zero-order valence-electron chi connectivity index (χ0n) is 14.1. The average Bonchev–Trinajstić information content (AvgIpc) is 2.59. The molecule has 2 rings (SSSR count). The maximum atomic E-state index is 12.1. The Kier molecular flexibility index (Phi) is 6.50. The fourth-order valence-electron chi connectivity index (χ4n) is 2.34. The SMILES string of the molecule is C/C(=C\c1ccccc1)C(=O)NCCCc1ccc(S(N)(=O)=O)cc1. The second-order valence-electron chi connectivity index (χ2n) is 5.79. The Labute approximate surface area is 148 Å². The van der Waals surface area contributed by atoms with Crippen LogP contribution < -0.4 is 10.5 Å². The molecule has 0 aromatic heterocycles. The normalized spacial score (nSPS) is 12.0. The number of hydrogen-bond acceptors (Lipinski definition) is 3. The third kappa shape index (κ3) is 6.17. The van der Waals surface area contributed by atoms with E-state index >= 15 is 0 Å². The number of sulfonamides is 1. The highest BCUT2D eigenvalue weighted by Gasteiger charge is 2.07. The van der Waals surface area contributed by atoms with Crippen molar-refractivity contribution in [3.63, 3.8) is 0 Å². The van der Waals surface area contributed by atoms with Crippen molar-refractivity contribution in [1.29, 1.82) is 0 Å². The molecule has 0 unspecified atom stereocenters. The number of carbonyl (C=O) groups is 1. The van der Waals surface area contributed by atoms with E-state index in [-0.39, 0.29) is 10.8 Å². The summed E-state index contributed by atoms with van der Waals surface area (Å²) in [5.41, 5.74) is 2.65. The van der Waals surface area contributed by atoms with E-state index in [1.54, 1.807) is 19.1 Å². The van der Waals surface area contributed by atoms with Crippen molar-refractivity contribution in [2.24, 2.45) is 5.14 Å². The van der Waals surface area contributed by atoms with Crippen LogP contribution in [0.1, 0.15) is 24.5 Å². The number of benzene rings is 2. The number of hydrogen-bond donors (Lipinski definition) is 2. The molecule has 2 aromatic rings. The molecule has 0 saturated heterocycles. The van der Waals surface area contributed by atoms with E-state index in [4.69, 9.17) is 5.14 Å². The van der Waals surface area contributed by atoms with Crippen molar-refractivity contribution in [1.82, 2.24) is 5.32 Å². The summed E-state index contributed by atoms with van der Waals surface area (Å²) in [4.78, 5) is 12.2. The minimum absolute atomic E-state index is 0.0894. The Hall–Kier alpha value is -2.44. The largest absolute Gasteiger partial charge is 0.352 e. The molecule has 3 N–H and O–H groups in total. The molecule has 0 fully saturated rings. The van der Waals surface area contributed by atoms with Gasteiger partial charge in [0.05, 0.1) is 4.90 Å². The molecule has 132 valence electrons. The van der Waals surface area contributed by atoms with Gasteiger partial charge in [0.1, 0.15) is 0 Å².